The van der Waals surface area contributed by atoms with Crippen LogP contribution in [0.1, 0.15) is 11.5 Å². The molecule has 4 aromatic rings. The quantitative estimate of drug-likeness (QED) is 0.374. The molecule has 0 bridgehead atoms. The Morgan fingerprint density at radius 2 is 1.88 bits per heavy atom. The van der Waals surface area contributed by atoms with Crippen LogP contribution in [0.3, 0.4) is 0 Å². The second-order valence-electron chi connectivity index (χ2n) is 5.39. The topological polar surface area (TPSA) is 54.5 Å². The zero-order valence-electron chi connectivity index (χ0n) is 13.1. The number of thioether (sulfide) groups is 1. The molecular weight excluding hydrogens is 381 g/mol. The van der Waals surface area contributed by atoms with Crippen molar-refractivity contribution in [1.82, 2.24) is 19.9 Å². The maximum absolute atomic E-state index is 13.2. The summed E-state index contributed by atoms with van der Waals surface area (Å²) in [5.41, 5.74) is 1.03. The molecule has 0 spiro atoms. The van der Waals surface area contributed by atoms with Gasteiger partial charge in [-0.15, -0.1) is 11.3 Å². The molecule has 4 nitrogen and oxygen atoms in total. The van der Waals surface area contributed by atoms with E-state index in [9.17, 15) is 13.2 Å². The maximum Gasteiger partial charge on any atom is 0.433 e. The molecule has 3 heterocycles. The molecule has 1 N–H and O–H groups in total. The van der Waals surface area contributed by atoms with E-state index in [1.165, 1.54) is 11.3 Å². The van der Waals surface area contributed by atoms with Crippen molar-refractivity contribution in [2.24, 2.45) is 0 Å². The summed E-state index contributed by atoms with van der Waals surface area (Å²) in [6.07, 6.45) is -4.52. The van der Waals surface area contributed by atoms with E-state index in [-0.39, 0.29) is 10.9 Å². The molecule has 0 amide bonds. The van der Waals surface area contributed by atoms with Gasteiger partial charge >= 0.3 is 6.18 Å². The molecule has 0 aliphatic carbocycles. The van der Waals surface area contributed by atoms with Gasteiger partial charge in [0.25, 0.3) is 0 Å². The van der Waals surface area contributed by atoms with E-state index in [1.54, 1.807) is 17.5 Å². The van der Waals surface area contributed by atoms with Gasteiger partial charge in [0.1, 0.15) is 11.5 Å². The van der Waals surface area contributed by atoms with Gasteiger partial charge in [-0.2, -0.15) is 13.2 Å². The van der Waals surface area contributed by atoms with Gasteiger partial charge in [0.15, 0.2) is 5.16 Å². The van der Waals surface area contributed by atoms with Crippen LogP contribution in [0.4, 0.5) is 13.2 Å². The number of imidazole rings is 1. The largest absolute Gasteiger partial charge is 0.433 e. The van der Waals surface area contributed by atoms with Crippen molar-refractivity contribution in [3.63, 3.8) is 0 Å². The van der Waals surface area contributed by atoms with Gasteiger partial charge in [0.05, 0.1) is 27.4 Å². The molecule has 0 radical (unpaired) electrons. The first-order valence-electron chi connectivity index (χ1n) is 7.55. The van der Waals surface area contributed by atoms with Crippen LogP contribution in [0.15, 0.2) is 53.0 Å². The Morgan fingerprint density at radius 1 is 1.04 bits per heavy atom. The molecule has 132 valence electrons. The average molecular weight is 392 g/mol. The number of aromatic nitrogens is 4. The Kier molecular flexibility index (Phi) is 4.41. The van der Waals surface area contributed by atoms with E-state index in [2.05, 4.69) is 19.9 Å². The van der Waals surface area contributed by atoms with Crippen LogP contribution in [0.2, 0.25) is 0 Å². The molecule has 0 saturated heterocycles. The minimum absolute atomic E-state index is 0.0729. The molecule has 0 fully saturated rings. The van der Waals surface area contributed by atoms with Crippen molar-refractivity contribution in [2.75, 3.05) is 0 Å². The number of para-hydroxylation sites is 2. The third-order valence-corrected chi connectivity index (χ3v) is 5.30. The number of halogens is 3. The zero-order valence-corrected chi connectivity index (χ0v) is 14.8. The summed E-state index contributed by atoms with van der Waals surface area (Å²) in [4.78, 5) is 16.2. The van der Waals surface area contributed by atoms with Crippen LogP contribution in [0.5, 0.6) is 0 Å². The highest BCUT2D eigenvalue weighted by atomic mass is 32.2. The van der Waals surface area contributed by atoms with Gasteiger partial charge in [-0.3, -0.25) is 0 Å². The highest BCUT2D eigenvalue weighted by Crippen LogP contribution is 2.33. The van der Waals surface area contributed by atoms with Crippen LogP contribution in [-0.4, -0.2) is 19.9 Å². The van der Waals surface area contributed by atoms with Crippen molar-refractivity contribution in [2.45, 2.75) is 17.1 Å². The number of H-pyrrole nitrogens is 1. The fourth-order valence-corrected chi connectivity index (χ4v) is 3.81. The average Bonchev–Trinajstić information content (AvgIpc) is 3.28. The lowest BCUT2D eigenvalue weighted by atomic mass is 10.3. The molecule has 0 unspecified atom stereocenters. The summed E-state index contributed by atoms with van der Waals surface area (Å²) in [5.74, 6) is 1.01. The lowest BCUT2D eigenvalue weighted by Crippen LogP contribution is -2.10. The number of rotatable bonds is 4. The first-order chi connectivity index (χ1) is 12.5. The van der Waals surface area contributed by atoms with Gasteiger partial charge < -0.3 is 4.98 Å². The Bertz CT molecular complexity index is 1010. The molecule has 4 rings (SSSR count). The van der Waals surface area contributed by atoms with Crippen LogP contribution in [-0.2, 0) is 11.9 Å². The lowest BCUT2D eigenvalue weighted by Gasteiger charge is -2.09. The molecule has 0 atom stereocenters. The van der Waals surface area contributed by atoms with Gasteiger partial charge in [-0.25, -0.2) is 15.0 Å². The van der Waals surface area contributed by atoms with Crippen LogP contribution >= 0.6 is 23.1 Å². The standard InChI is InChI=1S/C17H11F3N4S2/c18-17(19,20)14-8-12(13-6-3-7-25-13)23-16(24-14)26-9-15-21-10-4-1-2-5-11(10)22-15/h1-8H,9H2,(H,21,22). The predicted molar refractivity (Wildman–Crippen MR) is 96.0 cm³/mol. The van der Waals surface area contributed by atoms with Crippen LogP contribution < -0.4 is 0 Å². The summed E-state index contributed by atoms with van der Waals surface area (Å²) in [7, 11) is 0. The normalized spacial score (nSPS) is 12.0. The van der Waals surface area contributed by atoms with Gasteiger partial charge in [-0.1, -0.05) is 30.0 Å². The van der Waals surface area contributed by atoms with E-state index < -0.39 is 11.9 Å². The number of fused-ring (bicyclic) bond motifs is 1. The second-order valence-corrected chi connectivity index (χ2v) is 7.28. The third-order valence-electron chi connectivity index (χ3n) is 3.55. The summed E-state index contributed by atoms with van der Waals surface area (Å²) in [6.45, 7) is 0. The summed E-state index contributed by atoms with van der Waals surface area (Å²) < 4.78 is 39.5. The molecule has 1 aromatic carbocycles. The number of nitrogens with one attached hydrogen (secondary N) is 1. The Morgan fingerprint density at radius 3 is 2.62 bits per heavy atom. The Labute approximate surface area is 154 Å². The van der Waals surface area contributed by atoms with Gasteiger partial charge in [0.2, 0.25) is 0 Å². The van der Waals surface area contributed by atoms with Crippen molar-refractivity contribution < 1.29 is 13.2 Å². The Hall–Kier alpha value is -2.39. The third kappa shape index (κ3) is 3.58. The predicted octanol–water partition coefficient (Wildman–Crippen LogP) is 5.39. The molecule has 9 heteroatoms. The summed E-state index contributed by atoms with van der Waals surface area (Å²) >= 11 is 2.46. The Balaban J connectivity index is 1.63. The van der Waals surface area contributed by atoms with E-state index in [0.717, 1.165) is 28.9 Å². The van der Waals surface area contributed by atoms with Gasteiger partial charge in [-0.05, 0) is 29.6 Å². The van der Waals surface area contributed by atoms with Crippen LogP contribution in [0, 0.1) is 0 Å². The van der Waals surface area contributed by atoms with Crippen molar-refractivity contribution in [3.8, 4) is 10.6 Å². The fourth-order valence-electron chi connectivity index (χ4n) is 2.39. The monoisotopic (exact) mass is 392 g/mol. The molecule has 0 saturated carbocycles. The second kappa shape index (κ2) is 6.73. The number of hydrogen-bond donors (Lipinski definition) is 1. The molecule has 3 aromatic heterocycles. The van der Waals surface area contributed by atoms with E-state index in [4.69, 9.17) is 0 Å². The fraction of sp³-hybridized carbons (Fsp3) is 0.118. The highest BCUT2D eigenvalue weighted by molar-refractivity contribution is 7.98. The lowest BCUT2D eigenvalue weighted by molar-refractivity contribution is -0.141. The SMILES string of the molecule is FC(F)(F)c1cc(-c2cccs2)nc(SCc2nc3ccccc3[nH]2)n1. The highest BCUT2D eigenvalue weighted by Gasteiger charge is 2.34. The molecule has 0 aliphatic heterocycles. The number of hydrogen-bond acceptors (Lipinski definition) is 5. The molecular formula is C17H11F3N4S2. The number of nitrogens with zero attached hydrogens (tertiary/aromatic N) is 3. The summed E-state index contributed by atoms with van der Waals surface area (Å²) in [5, 5.41) is 1.87. The van der Waals surface area contributed by atoms with Crippen molar-refractivity contribution >= 4 is 34.1 Å². The number of aromatic amines is 1. The number of benzene rings is 1. The summed E-state index contributed by atoms with van der Waals surface area (Å²) in [6, 6.07) is 12.0. The molecule has 0 aliphatic rings. The van der Waals surface area contributed by atoms with E-state index in [1.807, 2.05) is 24.3 Å². The first kappa shape index (κ1) is 17.0. The van der Waals surface area contributed by atoms with Gasteiger partial charge in [0, 0.05) is 0 Å². The molecule has 26 heavy (non-hydrogen) atoms. The smallest absolute Gasteiger partial charge is 0.341 e. The van der Waals surface area contributed by atoms with Crippen LogP contribution in [0.25, 0.3) is 21.6 Å². The van der Waals surface area contributed by atoms with E-state index in [0.29, 0.717) is 16.5 Å². The number of alkyl halides is 3. The minimum atomic E-state index is -4.52. The van der Waals surface area contributed by atoms with Crippen molar-refractivity contribution in [1.29, 1.82) is 0 Å². The minimum Gasteiger partial charge on any atom is -0.341 e. The maximum atomic E-state index is 13.2. The number of thiophene rings is 1. The first-order valence-corrected chi connectivity index (χ1v) is 9.42. The van der Waals surface area contributed by atoms with E-state index >= 15 is 0 Å². The van der Waals surface area contributed by atoms with Crippen molar-refractivity contribution in [3.05, 3.63) is 59.4 Å². The zero-order chi connectivity index (χ0) is 18.1.